The van der Waals surface area contributed by atoms with Crippen LogP contribution in [0.1, 0.15) is 28.1 Å². The summed E-state index contributed by atoms with van der Waals surface area (Å²) in [6.45, 7) is 3.84. The standard InChI is InChI=1S/C7H11NO2.Na.H/c1-7(2)3-5(9)8-6(10)4-7;;/h3-4H2,1-2H3,(H,8,9,10);;/q;+1;-1. The summed E-state index contributed by atoms with van der Waals surface area (Å²) in [5.74, 6) is -0.303. The van der Waals surface area contributed by atoms with Crippen LogP contribution in [0.5, 0.6) is 0 Å². The van der Waals surface area contributed by atoms with Crippen molar-refractivity contribution in [3.63, 3.8) is 0 Å². The first-order valence-corrected chi connectivity index (χ1v) is 3.32. The van der Waals surface area contributed by atoms with Gasteiger partial charge in [0.2, 0.25) is 11.8 Å². The monoisotopic (exact) mass is 165 g/mol. The number of piperidine rings is 1. The van der Waals surface area contributed by atoms with Gasteiger partial charge in [0.05, 0.1) is 0 Å². The van der Waals surface area contributed by atoms with E-state index in [-0.39, 0.29) is 48.2 Å². The van der Waals surface area contributed by atoms with Crippen LogP contribution in [0.4, 0.5) is 0 Å². The van der Waals surface area contributed by atoms with E-state index in [0.717, 1.165) is 0 Å². The van der Waals surface area contributed by atoms with Crippen molar-refractivity contribution in [3.8, 4) is 0 Å². The number of imide groups is 1. The molecular formula is C7H12NNaO2. The largest absolute Gasteiger partial charge is 1.00 e. The van der Waals surface area contributed by atoms with E-state index >= 15 is 0 Å². The Hall–Kier alpha value is 0.140. The maximum Gasteiger partial charge on any atom is 1.00 e. The van der Waals surface area contributed by atoms with Crippen LogP contribution < -0.4 is 34.9 Å². The van der Waals surface area contributed by atoms with Crippen LogP contribution in [0.3, 0.4) is 0 Å². The molecule has 1 aliphatic heterocycles. The smallest absolute Gasteiger partial charge is 1.00 e. The Kier molecular flexibility index (Phi) is 3.74. The summed E-state index contributed by atoms with van der Waals surface area (Å²) in [6, 6.07) is 0. The van der Waals surface area contributed by atoms with Gasteiger partial charge in [-0.15, -0.1) is 0 Å². The topological polar surface area (TPSA) is 46.2 Å². The summed E-state index contributed by atoms with van der Waals surface area (Å²) in [5, 5.41) is 2.26. The molecule has 4 heteroatoms. The van der Waals surface area contributed by atoms with Gasteiger partial charge < -0.3 is 1.43 Å². The number of amides is 2. The zero-order chi connectivity index (χ0) is 7.78. The van der Waals surface area contributed by atoms with Gasteiger partial charge in [0, 0.05) is 12.8 Å². The van der Waals surface area contributed by atoms with Gasteiger partial charge in [-0.3, -0.25) is 14.9 Å². The fourth-order valence-electron chi connectivity index (χ4n) is 1.18. The zero-order valence-electron chi connectivity index (χ0n) is 8.23. The number of carbonyl (C=O) groups excluding carboxylic acids is 2. The molecule has 0 unspecified atom stereocenters. The first-order valence-electron chi connectivity index (χ1n) is 3.32. The van der Waals surface area contributed by atoms with E-state index in [1.54, 1.807) is 0 Å². The minimum atomic E-state index is -0.152. The van der Waals surface area contributed by atoms with Gasteiger partial charge >= 0.3 is 29.6 Å². The quantitative estimate of drug-likeness (QED) is 0.320. The Labute approximate surface area is 89.7 Å². The molecule has 1 fully saturated rings. The Morgan fingerprint density at radius 1 is 1.27 bits per heavy atom. The van der Waals surface area contributed by atoms with Crippen molar-refractivity contribution < 1.29 is 40.6 Å². The predicted octanol–water partition coefficient (Wildman–Crippen LogP) is -2.43. The average molecular weight is 165 g/mol. The molecule has 11 heavy (non-hydrogen) atoms. The average Bonchev–Trinajstić information content (AvgIpc) is 1.54. The van der Waals surface area contributed by atoms with Crippen molar-refractivity contribution >= 4 is 11.8 Å². The molecule has 3 nitrogen and oxygen atoms in total. The van der Waals surface area contributed by atoms with Crippen molar-refractivity contribution in [1.82, 2.24) is 5.32 Å². The number of hydrogen-bond acceptors (Lipinski definition) is 2. The molecule has 1 rings (SSSR count). The van der Waals surface area contributed by atoms with E-state index in [2.05, 4.69) is 5.32 Å². The summed E-state index contributed by atoms with van der Waals surface area (Å²) in [6.07, 6.45) is 0.914. The maximum atomic E-state index is 10.8. The molecule has 0 aliphatic carbocycles. The first-order chi connectivity index (χ1) is 4.49. The van der Waals surface area contributed by atoms with Crippen LogP contribution in [-0.2, 0) is 9.59 Å². The van der Waals surface area contributed by atoms with E-state index in [0.29, 0.717) is 12.8 Å². The van der Waals surface area contributed by atoms with Crippen LogP contribution >= 0.6 is 0 Å². The third-order valence-electron chi connectivity index (χ3n) is 1.56. The molecule has 2 amide bonds. The summed E-state index contributed by atoms with van der Waals surface area (Å²) in [4.78, 5) is 21.5. The van der Waals surface area contributed by atoms with Crippen molar-refractivity contribution in [3.05, 3.63) is 0 Å². The van der Waals surface area contributed by atoms with Crippen LogP contribution in [0, 0.1) is 5.41 Å². The van der Waals surface area contributed by atoms with E-state index in [4.69, 9.17) is 0 Å². The molecule has 1 N–H and O–H groups in total. The molecular weight excluding hydrogens is 153 g/mol. The second-order valence-corrected chi connectivity index (χ2v) is 3.49. The summed E-state index contributed by atoms with van der Waals surface area (Å²) >= 11 is 0. The van der Waals surface area contributed by atoms with Crippen LogP contribution in [-0.4, -0.2) is 11.8 Å². The molecule has 0 aromatic heterocycles. The summed E-state index contributed by atoms with van der Waals surface area (Å²) in [5.41, 5.74) is -0.139. The zero-order valence-corrected chi connectivity index (χ0v) is 9.23. The third kappa shape index (κ3) is 3.36. The van der Waals surface area contributed by atoms with Crippen molar-refractivity contribution in [1.29, 1.82) is 0 Å². The van der Waals surface area contributed by atoms with Crippen LogP contribution in [0.15, 0.2) is 0 Å². The predicted molar refractivity (Wildman–Crippen MR) is 37.3 cm³/mol. The minimum Gasteiger partial charge on any atom is -1.00 e. The van der Waals surface area contributed by atoms with Gasteiger partial charge in [0.1, 0.15) is 0 Å². The molecule has 0 radical (unpaired) electrons. The van der Waals surface area contributed by atoms with Gasteiger partial charge in [-0.25, -0.2) is 0 Å². The fourth-order valence-corrected chi connectivity index (χ4v) is 1.18. The van der Waals surface area contributed by atoms with E-state index in [9.17, 15) is 9.59 Å². The van der Waals surface area contributed by atoms with Crippen molar-refractivity contribution in [2.24, 2.45) is 5.41 Å². The van der Waals surface area contributed by atoms with Crippen LogP contribution in [0.25, 0.3) is 0 Å². The van der Waals surface area contributed by atoms with Crippen LogP contribution in [0.2, 0.25) is 0 Å². The van der Waals surface area contributed by atoms with Gasteiger partial charge in [-0.2, -0.15) is 0 Å². The number of rotatable bonds is 0. The molecule has 1 aliphatic rings. The van der Waals surface area contributed by atoms with E-state index in [1.165, 1.54) is 0 Å². The van der Waals surface area contributed by atoms with Gasteiger partial charge in [0.25, 0.3) is 0 Å². The SMILES string of the molecule is CC1(C)CC(=O)NC(=O)C1.[H-].[Na+]. The number of nitrogens with one attached hydrogen (secondary N) is 1. The molecule has 1 heterocycles. The molecule has 0 aromatic rings. The fraction of sp³-hybridized carbons (Fsp3) is 0.714. The Morgan fingerprint density at radius 2 is 1.64 bits per heavy atom. The van der Waals surface area contributed by atoms with Gasteiger partial charge in [0.15, 0.2) is 0 Å². The molecule has 0 saturated carbocycles. The second kappa shape index (κ2) is 3.70. The normalized spacial score (nSPS) is 22.0. The summed E-state index contributed by atoms with van der Waals surface area (Å²) < 4.78 is 0. The molecule has 58 valence electrons. The molecule has 0 spiro atoms. The Balaban J connectivity index is 0. The van der Waals surface area contributed by atoms with Gasteiger partial charge in [-0.1, -0.05) is 13.8 Å². The van der Waals surface area contributed by atoms with E-state index in [1.807, 2.05) is 13.8 Å². The van der Waals surface area contributed by atoms with E-state index < -0.39 is 0 Å². The van der Waals surface area contributed by atoms with Crippen molar-refractivity contribution in [2.75, 3.05) is 0 Å². The Morgan fingerprint density at radius 3 is 1.91 bits per heavy atom. The van der Waals surface area contributed by atoms with Crippen molar-refractivity contribution in [2.45, 2.75) is 26.7 Å². The molecule has 0 atom stereocenters. The first kappa shape index (κ1) is 11.1. The third-order valence-corrected chi connectivity index (χ3v) is 1.56. The number of carbonyl (C=O) groups is 2. The minimum absolute atomic E-state index is 0. The molecule has 0 bridgehead atoms. The van der Waals surface area contributed by atoms with Gasteiger partial charge in [-0.05, 0) is 5.41 Å². The summed E-state index contributed by atoms with van der Waals surface area (Å²) in [7, 11) is 0. The molecule has 0 aromatic carbocycles. The maximum absolute atomic E-state index is 10.8. The molecule has 1 saturated heterocycles. The Bertz CT molecular complexity index is 176. The number of hydrogen-bond donors (Lipinski definition) is 1. The second-order valence-electron chi connectivity index (χ2n) is 3.49.